The van der Waals surface area contributed by atoms with Crippen LogP contribution in [-0.4, -0.2) is 28.3 Å². The first kappa shape index (κ1) is 8.80. The second-order valence-electron chi connectivity index (χ2n) is 2.67. The van der Waals surface area contributed by atoms with Crippen molar-refractivity contribution in [1.82, 2.24) is 0 Å². The zero-order valence-corrected chi connectivity index (χ0v) is 7.39. The van der Waals surface area contributed by atoms with Gasteiger partial charge in [-0.3, -0.25) is 10.1 Å². The van der Waals surface area contributed by atoms with E-state index in [-0.39, 0.29) is 4.92 Å². The number of nitro groups is 1. The first-order chi connectivity index (χ1) is 5.06. The fourth-order valence-corrected chi connectivity index (χ4v) is 2.03. The maximum atomic E-state index is 10.4. The van der Waals surface area contributed by atoms with Crippen LogP contribution >= 0.6 is 11.8 Å². The summed E-state index contributed by atoms with van der Waals surface area (Å²) in [6.07, 6.45) is 0. The molecule has 11 heavy (non-hydrogen) atoms. The van der Waals surface area contributed by atoms with Crippen molar-refractivity contribution < 1.29 is 9.66 Å². The van der Waals surface area contributed by atoms with Gasteiger partial charge in [0.2, 0.25) is 6.04 Å². The number of rotatable bonds is 2. The van der Waals surface area contributed by atoms with Gasteiger partial charge in [-0.25, -0.2) is 0 Å². The maximum absolute atomic E-state index is 10.4. The largest absolute Gasteiger partial charge is 0.357 e. The van der Waals surface area contributed by atoms with E-state index in [0.717, 1.165) is 5.75 Å². The monoisotopic (exact) mass is 177 g/mol. The Kier molecular flexibility index (Phi) is 2.39. The molecule has 1 aliphatic heterocycles. The number of hydrogen-bond acceptors (Lipinski definition) is 4. The van der Waals surface area contributed by atoms with E-state index >= 15 is 0 Å². The van der Waals surface area contributed by atoms with Crippen LogP contribution in [0.1, 0.15) is 13.8 Å². The van der Waals surface area contributed by atoms with Crippen LogP contribution in [0.3, 0.4) is 0 Å². The first-order valence-corrected chi connectivity index (χ1v) is 4.46. The predicted octanol–water partition coefficient (Wildman–Crippen LogP) is 1.13. The Bertz CT molecular complexity index is 167. The Morgan fingerprint density at radius 3 is 2.82 bits per heavy atom. The van der Waals surface area contributed by atoms with E-state index in [4.69, 9.17) is 4.74 Å². The van der Waals surface area contributed by atoms with Crippen LogP contribution < -0.4 is 0 Å². The molecule has 0 aromatic rings. The quantitative estimate of drug-likeness (QED) is 0.468. The molecule has 0 aromatic carbocycles. The maximum Gasteiger partial charge on any atom is 0.247 e. The molecule has 0 saturated carbocycles. The van der Waals surface area contributed by atoms with Gasteiger partial charge in [-0.15, -0.1) is 11.8 Å². The van der Waals surface area contributed by atoms with Crippen molar-refractivity contribution in [1.29, 1.82) is 0 Å². The fourth-order valence-electron chi connectivity index (χ4n) is 0.963. The highest BCUT2D eigenvalue weighted by Crippen LogP contribution is 2.36. The van der Waals surface area contributed by atoms with Gasteiger partial charge in [-0.05, 0) is 6.92 Å². The number of nitrogens with zero attached hydrogens (tertiary/aromatic N) is 1. The van der Waals surface area contributed by atoms with E-state index < -0.39 is 11.0 Å². The molecule has 1 heterocycles. The van der Waals surface area contributed by atoms with E-state index in [0.29, 0.717) is 6.61 Å². The summed E-state index contributed by atoms with van der Waals surface area (Å²) in [5, 5.41) is 10.4. The summed E-state index contributed by atoms with van der Waals surface area (Å²) in [5.41, 5.74) is 0. The first-order valence-electron chi connectivity index (χ1n) is 3.47. The Hall–Kier alpha value is -0.290. The van der Waals surface area contributed by atoms with Crippen LogP contribution in [0.25, 0.3) is 0 Å². The minimum absolute atomic E-state index is 0.293. The van der Waals surface area contributed by atoms with Gasteiger partial charge in [0.1, 0.15) is 0 Å². The summed E-state index contributed by atoms with van der Waals surface area (Å²) >= 11 is 1.52. The smallest absolute Gasteiger partial charge is 0.247 e. The van der Waals surface area contributed by atoms with Crippen molar-refractivity contribution in [2.45, 2.75) is 24.8 Å². The molecule has 0 spiro atoms. The van der Waals surface area contributed by atoms with Crippen LogP contribution in [0.2, 0.25) is 0 Å². The second-order valence-corrected chi connectivity index (χ2v) is 4.18. The van der Waals surface area contributed by atoms with E-state index in [1.165, 1.54) is 11.8 Å². The molecule has 0 N–H and O–H groups in total. The second kappa shape index (κ2) is 2.98. The van der Waals surface area contributed by atoms with Crippen molar-refractivity contribution >= 4 is 11.8 Å². The lowest BCUT2D eigenvalue weighted by atomic mass is 10.2. The number of thioether (sulfide) groups is 1. The Balaban J connectivity index is 2.63. The van der Waals surface area contributed by atoms with Crippen molar-refractivity contribution in [3.8, 4) is 0 Å². The normalized spacial score (nSPS) is 33.6. The third-order valence-electron chi connectivity index (χ3n) is 1.94. The molecule has 1 rings (SSSR count). The highest BCUT2D eigenvalue weighted by Gasteiger charge is 2.43. The van der Waals surface area contributed by atoms with E-state index in [2.05, 4.69) is 0 Å². The lowest BCUT2D eigenvalue weighted by molar-refractivity contribution is -0.532. The van der Waals surface area contributed by atoms with Crippen molar-refractivity contribution in [2.75, 3.05) is 12.4 Å². The molecule has 0 unspecified atom stereocenters. The average Bonchev–Trinajstić information content (AvgIpc) is 2.35. The number of hydrogen-bond donors (Lipinski definition) is 0. The molecule has 1 saturated heterocycles. The van der Waals surface area contributed by atoms with Crippen LogP contribution in [0.5, 0.6) is 0 Å². The minimum atomic E-state index is -0.630. The van der Waals surface area contributed by atoms with Gasteiger partial charge in [0.05, 0.1) is 6.61 Å². The molecule has 5 heteroatoms. The highest BCUT2D eigenvalue weighted by atomic mass is 32.2. The van der Waals surface area contributed by atoms with Gasteiger partial charge < -0.3 is 4.74 Å². The van der Waals surface area contributed by atoms with Crippen molar-refractivity contribution in [2.24, 2.45) is 0 Å². The molecule has 2 atom stereocenters. The van der Waals surface area contributed by atoms with Gasteiger partial charge >= 0.3 is 0 Å². The van der Waals surface area contributed by atoms with Crippen LogP contribution in [0.15, 0.2) is 0 Å². The molecule has 0 aliphatic carbocycles. The summed E-state index contributed by atoms with van der Waals surface area (Å²) in [6, 6.07) is -0.630. The summed E-state index contributed by atoms with van der Waals surface area (Å²) in [7, 11) is 0. The van der Waals surface area contributed by atoms with Crippen LogP contribution in [0.4, 0.5) is 0 Å². The molecule has 0 radical (unpaired) electrons. The summed E-state index contributed by atoms with van der Waals surface area (Å²) in [4.78, 5) is 9.50. The van der Waals surface area contributed by atoms with Gasteiger partial charge in [0.25, 0.3) is 0 Å². The SMILES string of the molecule is C[C@@H]([N+](=O)[O-])[C@@]1(C)OCCS1. The fraction of sp³-hybridized carbons (Fsp3) is 1.00. The highest BCUT2D eigenvalue weighted by molar-refractivity contribution is 8.00. The van der Waals surface area contributed by atoms with Gasteiger partial charge in [-0.1, -0.05) is 0 Å². The topological polar surface area (TPSA) is 52.4 Å². The Morgan fingerprint density at radius 1 is 1.82 bits per heavy atom. The standard InChI is InChI=1S/C6H11NO3S/c1-5(7(8)9)6(2)10-3-4-11-6/h5H,3-4H2,1-2H3/t5-,6+/m1/s1. The lowest BCUT2D eigenvalue weighted by Gasteiger charge is -2.22. The minimum Gasteiger partial charge on any atom is -0.357 e. The third kappa shape index (κ3) is 1.65. The Morgan fingerprint density at radius 2 is 2.45 bits per heavy atom. The van der Waals surface area contributed by atoms with Crippen LogP contribution in [0, 0.1) is 10.1 Å². The summed E-state index contributed by atoms with van der Waals surface area (Å²) in [6.45, 7) is 3.98. The molecule has 1 fully saturated rings. The molecule has 64 valence electrons. The molecule has 4 nitrogen and oxygen atoms in total. The average molecular weight is 177 g/mol. The summed E-state index contributed by atoms with van der Waals surface area (Å²) < 4.78 is 5.28. The molecule has 1 aliphatic rings. The molecule has 0 aromatic heterocycles. The number of ether oxygens (including phenoxy) is 1. The van der Waals surface area contributed by atoms with Crippen molar-refractivity contribution in [3.63, 3.8) is 0 Å². The van der Waals surface area contributed by atoms with E-state index in [9.17, 15) is 10.1 Å². The zero-order chi connectivity index (χ0) is 8.48. The van der Waals surface area contributed by atoms with Crippen molar-refractivity contribution in [3.05, 3.63) is 10.1 Å². The molecular weight excluding hydrogens is 166 g/mol. The van der Waals surface area contributed by atoms with Gasteiger partial charge in [0, 0.05) is 17.6 Å². The van der Waals surface area contributed by atoms with E-state index in [1.54, 1.807) is 13.8 Å². The zero-order valence-electron chi connectivity index (χ0n) is 6.57. The molecule has 0 bridgehead atoms. The van der Waals surface area contributed by atoms with Gasteiger partial charge in [-0.2, -0.15) is 0 Å². The molecule has 0 amide bonds. The van der Waals surface area contributed by atoms with E-state index in [1.807, 2.05) is 0 Å². The molecular formula is C6H11NO3S. The third-order valence-corrected chi connectivity index (χ3v) is 3.34. The Labute approximate surface area is 69.4 Å². The predicted molar refractivity (Wildman–Crippen MR) is 43.3 cm³/mol. The van der Waals surface area contributed by atoms with Crippen LogP contribution in [-0.2, 0) is 4.74 Å². The van der Waals surface area contributed by atoms with Gasteiger partial charge in [0.15, 0.2) is 4.93 Å². The lowest BCUT2D eigenvalue weighted by Crippen LogP contribution is -2.39. The summed E-state index contributed by atoms with van der Waals surface area (Å²) in [5.74, 6) is 0.856.